The first-order valence-corrected chi connectivity index (χ1v) is 11.6. The van der Waals surface area contributed by atoms with Gasteiger partial charge >= 0.3 is 5.69 Å². The van der Waals surface area contributed by atoms with E-state index in [9.17, 15) is 18.8 Å². The van der Waals surface area contributed by atoms with Crippen molar-refractivity contribution in [3.63, 3.8) is 0 Å². The molecule has 170 valence electrons. The summed E-state index contributed by atoms with van der Waals surface area (Å²) in [5, 5.41) is 4.60. The maximum absolute atomic E-state index is 14.2. The molecule has 4 rings (SSSR count). The number of aryl methyl sites for hydroxylation is 1. The Balaban J connectivity index is 1.48. The van der Waals surface area contributed by atoms with Crippen LogP contribution in [0.25, 0.3) is 10.2 Å². The second-order valence-corrected chi connectivity index (χ2v) is 8.83. The van der Waals surface area contributed by atoms with Gasteiger partial charge in [0.25, 0.3) is 5.56 Å². The molecule has 0 aliphatic rings. The molecule has 0 saturated carbocycles. The van der Waals surface area contributed by atoms with E-state index in [2.05, 4.69) is 5.32 Å². The van der Waals surface area contributed by atoms with Crippen LogP contribution in [-0.2, 0) is 24.4 Å². The van der Waals surface area contributed by atoms with Crippen LogP contribution in [0, 0.1) is 12.7 Å². The lowest BCUT2D eigenvalue weighted by Crippen LogP contribution is -2.40. The lowest BCUT2D eigenvalue weighted by molar-refractivity contribution is -0.121. The quantitative estimate of drug-likeness (QED) is 0.430. The number of rotatable bonds is 8. The van der Waals surface area contributed by atoms with Crippen LogP contribution in [0.4, 0.5) is 4.39 Å². The number of fused-ring (bicyclic) bond motifs is 1. The van der Waals surface area contributed by atoms with E-state index in [1.807, 2.05) is 31.2 Å². The van der Waals surface area contributed by atoms with E-state index in [1.54, 1.807) is 29.6 Å². The summed E-state index contributed by atoms with van der Waals surface area (Å²) in [7, 11) is 0. The summed E-state index contributed by atoms with van der Waals surface area (Å²) in [5.41, 5.74) is 2.13. The van der Waals surface area contributed by atoms with Crippen LogP contribution in [0.3, 0.4) is 0 Å². The number of amides is 1. The number of benzene rings is 2. The Kier molecular flexibility index (Phi) is 6.84. The van der Waals surface area contributed by atoms with Gasteiger partial charge in [0, 0.05) is 25.1 Å². The van der Waals surface area contributed by atoms with Gasteiger partial charge in [-0.2, -0.15) is 0 Å². The Bertz CT molecular complexity index is 1400. The van der Waals surface area contributed by atoms with Gasteiger partial charge in [0.1, 0.15) is 10.5 Å². The van der Waals surface area contributed by atoms with Gasteiger partial charge in [-0.1, -0.05) is 48.0 Å². The van der Waals surface area contributed by atoms with E-state index in [0.717, 1.165) is 15.7 Å². The van der Waals surface area contributed by atoms with E-state index >= 15 is 0 Å². The molecule has 0 aliphatic carbocycles. The van der Waals surface area contributed by atoms with Gasteiger partial charge in [-0.15, -0.1) is 11.3 Å². The molecule has 2 aromatic carbocycles. The number of carbonyl (C=O) groups is 1. The highest BCUT2D eigenvalue weighted by Crippen LogP contribution is 2.17. The molecule has 0 radical (unpaired) electrons. The lowest BCUT2D eigenvalue weighted by Gasteiger charge is -2.13. The van der Waals surface area contributed by atoms with E-state index in [0.29, 0.717) is 28.7 Å². The minimum atomic E-state index is -0.505. The number of nitrogens with zero attached hydrogens (tertiary/aromatic N) is 2. The maximum atomic E-state index is 14.2. The lowest BCUT2D eigenvalue weighted by atomic mass is 10.1. The van der Waals surface area contributed by atoms with Crippen LogP contribution in [-0.4, -0.2) is 15.0 Å². The summed E-state index contributed by atoms with van der Waals surface area (Å²) < 4.78 is 17.2. The first-order valence-electron chi connectivity index (χ1n) is 10.7. The average Bonchev–Trinajstić information content (AvgIpc) is 3.30. The number of nitrogens with one attached hydrogen (secondary N) is 1. The van der Waals surface area contributed by atoms with E-state index in [1.165, 1.54) is 22.0 Å². The fourth-order valence-corrected chi connectivity index (χ4v) is 4.52. The van der Waals surface area contributed by atoms with Crippen LogP contribution in [0.15, 0.2) is 69.6 Å². The minimum Gasteiger partial charge on any atom is -0.352 e. The van der Waals surface area contributed by atoms with Crippen molar-refractivity contribution in [2.75, 3.05) is 0 Å². The van der Waals surface area contributed by atoms with Gasteiger partial charge in [-0.05, 0) is 36.4 Å². The Hall–Kier alpha value is -3.52. The Morgan fingerprint density at radius 3 is 2.55 bits per heavy atom. The molecular formula is C25H24FN3O3S. The van der Waals surface area contributed by atoms with Crippen molar-refractivity contribution >= 4 is 27.5 Å². The SMILES string of the molecule is Cc1ccc(CNC(=O)CCCn2c(=O)c3sccc3n(Cc3ccccc3F)c2=O)cc1. The Morgan fingerprint density at radius 1 is 1.03 bits per heavy atom. The van der Waals surface area contributed by atoms with Crippen LogP contribution >= 0.6 is 11.3 Å². The topological polar surface area (TPSA) is 73.1 Å². The summed E-state index contributed by atoms with van der Waals surface area (Å²) >= 11 is 1.25. The van der Waals surface area contributed by atoms with Crippen LogP contribution < -0.4 is 16.6 Å². The fraction of sp³-hybridized carbons (Fsp3) is 0.240. The molecule has 0 fully saturated rings. The molecule has 33 heavy (non-hydrogen) atoms. The van der Waals surface area contributed by atoms with Crippen molar-refractivity contribution in [3.05, 3.63) is 103 Å². The van der Waals surface area contributed by atoms with Gasteiger partial charge in [0.2, 0.25) is 5.91 Å². The standard InChI is InChI=1S/C25H24FN3O3S/c1-17-8-10-18(11-9-17)15-27-22(30)7-4-13-28-24(31)23-21(12-14-33-23)29(25(28)32)16-19-5-2-3-6-20(19)26/h2-3,5-6,8-12,14H,4,7,13,15-16H2,1H3,(H,27,30). The van der Waals surface area contributed by atoms with Crippen molar-refractivity contribution in [3.8, 4) is 0 Å². The first-order chi connectivity index (χ1) is 15.9. The second-order valence-electron chi connectivity index (χ2n) is 7.92. The molecular weight excluding hydrogens is 441 g/mol. The molecule has 0 saturated heterocycles. The zero-order valence-electron chi connectivity index (χ0n) is 18.2. The van der Waals surface area contributed by atoms with Crippen LogP contribution in [0.1, 0.15) is 29.5 Å². The molecule has 0 spiro atoms. The van der Waals surface area contributed by atoms with Crippen molar-refractivity contribution in [2.45, 2.75) is 39.4 Å². The summed E-state index contributed by atoms with van der Waals surface area (Å²) in [4.78, 5) is 38.3. The highest BCUT2D eigenvalue weighted by molar-refractivity contribution is 7.17. The third kappa shape index (κ3) is 5.12. The molecule has 8 heteroatoms. The van der Waals surface area contributed by atoms with Crippen molar-refractivity contribution < 1.29 is 9.18 Å². The van der Waals surface area contributed by atoms with Gasteiger partial charge in [0.05, 0.1) is 12.1 Å². The van der Waals surface area contributed by atoms with E-state index < -0.39 is 11.5 Å². The summed E-state index contributed by atoms with van der Waals surface area (Å²) in [6, 6.07) is 15.9. The van der Waals surface area contributed by atoms with E-state index in [-0.39, 0.29) is 31.0 Å². The monoisotopic (exact) mass is 465 g/mol. The molecule has 4 aromatic rings. The number of aromatic nitrogens is 2. The number of carbonyl (C=O) groups excluding carboxylic acids is 1. The number of thiophene rings is 1. The van der Waals surface area contributed by atoms with Gasteiger partial charge in [0.15, 0.2) is 0 Å². The molecule has 1 amide bonds. The molecule has 2 heterocycles. The average molecular weight is 466 g/mol. The van der Waals surface area contributed by atoms with Crippen molar-refractivity contribution in [1.82, 2.24) is 14.5 Å². The molecule has 2 aromatic heterocycles. The third-order valence-electron chi connectivity index (χ3n) is 5.52. The maximum Gasteiger partial charge on any atom is 0.331 e. The third-order valence-corrected chi connectivity index (χ3v) is 6.41. The van der Waals surface area contributed by atoms with Crippen LogP contribution in [0.5, 0.6) is 0 Å². The first kappa shape index (κ1) is 22.7. The van der Waals surface area contributed by atoms with Crippen molar-refractivity contribution in [2.24, 2.45) is 0 Å². The molecule has 6 nitrogen and oxygen atoms in total. The fourth-order valence-electron chi connectivity index (χ4n) is 3.67. The molecule has 0 unspecified atom stereocenters. The van der Waals surface area contributed by atoms with Gasteiger partial charge in [-0.3, -0.25) is 18.7 Å². The minimum absolute atomic E-state index is 0.0239. The predicted molar refractivity (Wildman–Crippen MR) is 128 cm³/mol. The highest BCUT2D eigenvalue weighted by atomic mass is 32.1. The predicted octanol–water partition coefficient (Wildman–Crippen LogP) is 3.82. The molecule has 1 N–H and O–H groups in total. The van der Waals surface area contributed by atoms with Gasteiger partial charge in [-0.25, -0.2) is 9.18 Å². The Morgan fingerprint density at radius 2 is 1.79 bits per heavy atom. The molecule has 0 atom stereocenters. The second kappa shape index (κ2) is 9.95. The Labute approximate surface area is 193 Å². The van der Waals surface area contributed by atoms with Crippen molar-refractivity contribution in [1.29, 1.82) is 0 Å². The normalized spacial score (nSPS) is 11.1. The summed E-state index contributed by atoms with van der Waals surface area (Å²) in [5.74, 6) is -0.553. The van der Waals surface area contributed by atoms with Gasteiger partial charge < -0.3 is 5.32 Å². The van der Waals surface area contributed by atoms with E-state index in [4.69, 9.17) is 0 Å². The number of hydrogen-bond acceptors (Lipinski definition) is 4. The smallest absolute Gasteiger partial charge is 0.331 e. The zero-order chi connectivity index (χ0) is 23.4. The summed E-state index contributed by atoms with van der Waals surface area (Å²) in [6.45, 7) is 2.56. The summed E-state index contributed by atoms with van der Waals surface area (Å²) in [6.07, 6.45) is 0.527. The molecule has 0 aliphatic heterocycles. The molecule has 0 bridgehead atoms. The highest BCUT2D eigenvalue weighted by Gasteiger charge is 2.16. The number of halogens is 1. The number of hydrogen-bond donors (Lipinski definition) is 1. The zero-order valence-corrected chi connectivity index (χ0v) is 19.0. The largest absolute Gasteiger partial charge is 0.352 e. The van der Waals surface area contributed by atoms with Crippen LogP contribution in [0.2, 0.25) is 0 Å².